The standard InChI is InChI=1S/C16H20O2/c1-3-7-14-12(9-6-11-16(14)18-2)13-8-4-5-10-15(13)17/h3,6,9,11,13H,1,4-5,7-8,10H2,2H3. The summed E-state index contributed by atoms with van der Waals surface area (Å²) >= 11 is 0. The Kier molecular flexibility index (Phi) is 4.19. The van der Waals surface area contributed by atoms with Crippen LogP contribution in [-0.2, 0) is 11.2 Å². The molecule has 0 aliphatic heterocycles. The van der Waals surface area contributed by atoms with Gasteiger partial charge in [-0.15, -0.1) is 6.58 Å². The first-order valence-electron chi connectivity index (χ1n) is 6.57. The van der Waals surface area contributed by atoms with Gasteiger partial charge in [0.25, 0.3) is 0 Å². The molecule has 0 heterocycles. The predicted molar refractivity (Wildman–Crippen MR) is 73.1 cm³/mol. The number of allylic oxidation sites excluding steroid dienone is 1. The SMILES string of the molecule is C=CCc1c(OC)cccc1C1CCCCC1=O. The number of ketones is 1. The van der Waals surface area contributed by atoms with Gasteiger partial charge < -0.3 is 4.74 Å². The first kappa shape index (κ1) is 12.9. The summed E-state index contributed by atoms with van der Waals surface area (Å²) in [6.45, 7) is 3.80. The van der Waals surface area contributed by atoms with Gasteiger partial charge in [0, 0.05) is 17.9 Å². The molecule has 1 atom stereocenters. The third kappa shape index (κ3) is 2.47. The van der Waals surface area contributed by atoms with Crippen LogP contribution < -0.4 is 4.74 Å². The molecule has 0 saturated heterocycles. The lowest BCUT2D eigenvalue weighted by atomic mass is 9.80. The van der Waals surface area contributed by atoms with Crippen molar-refractivity contribution < 1.29 is 9.53 Å². The van der Waals surface area contributed by atoms with Crippen molar-refractivity contribution in [2.75, 3.05) is 7.11 Å². The predicted octanol–water partition coefficient (Wildman–Crippen LogP) is 3.65. The van der Waals surface area contributed by atoms with E-state index in [4.69, 9.17) is 4.74 Å². The fourth-order valence-electron chi connectivity index (χ4n) is 2.77. The maximum atomic E-state index is 12.1. The van der Waals surface area contributed by atoms with Gasteiger partial charge in [-0.05, 0) is 30.9 Å². The van der Waals surface area contributed by atoms with Crippen molar-refractivity contribution in [3.05, 3.63) is 42.0 Å². The van der Waals surface area contributed by atoms with E-state index in [0.29, 0.717) is 5.78 Å². The quantitative estimate of drug-likeness (QED) is 0.756. The molecule has 1 unspecified atom stereocenters. The zero-order chi connectivity index (χ0) is 13.0. The molecule has 1 aliphatic carbocycles. The normalized spacial score (nSPS) is 19.6. The molecule has 2 rings (SSSR count). The topological polar surface area (TPSA) is 26.3 Å². The van der Waals surface area contributed by atoms with Gasteiger partial charge in [-0.3, -0.25) is 4.79 Å². The van der Waals surface area contributed by atoms with Crippen LogP contribution in [-0.4, -0.2) is 12.9 Å². The third-order valence-corrected chi connectivity index (χ3v) is 3.67. The number of carbonyl (C=O) groups excluding carboxylic acids is 1. The Balaban J connectivity index is 2.41. The first-order valence-corrected chi connectivity index (χ1v) is 6.57. The van der Waals surface area contributed by atoms with Gasteiger partial charge in [0.1, 0.15) is 11.5 Å². The van der Waals surface area contributed by atoms with Gasteiger partial charge in [-0.1, -0.05) is 24.6 Å². The van der Waals surface area contributed by atoms with E-state index in [1.54, 1.807) is 7.11 Å². The molecule has 0 aromatic heterocycles. The number of Topliss-reactive ketones (excluding diaryl/α,β-unsaturated/α-hetero) is 1. The van der Waals surface area contributed by atoms with Crippen molar-refractivity contribution in [1.29, 1.82) is 0 Å². The van der Waals surface area contributed by atoms with E-state index < -0.39 is 0 Å². The molecule has 0 amide bonds. The molecule has 96 valence electrons. The molecule has 2 heteroatoms. The minimum atomic E-state index is 0.0591. The van der Waals surface area contributed by atoms with Gasteiger partial charge in [-0.25, -0.2) is 0 Å². The molecule has 2 nitrogen and oxygen atoms in total. The van der Waals surface area contributed by atoms with Crippen molar-refractivity contribution >= 4 is 5.78 Å². The van der Waals surface area contributed by atoms with Crippen LogP contribution in [0.15, 0.2) is 30.9 Å². The van der Waals surface area contributed by atoms with E-state index >= 15 is 0 Å². The lowest BCUT2D eigenvalue weighted by Gasteiger charge is -2.24. The van der Waals surface area contributed by atoms with E-state index in [1.165, 1.54) is 0 Å². The zero-order valence-corrected chi connectivity index (χ0v) is 10.9. The monoisotopic (exact) mass is 244 g/mol. The summed E-state index contributed by atoms with van der Waals surface area (Å²) in [5, 5.41) is 0. The highest BCUT2D eigenvalue weighted by Gasteiger charge is 2.26. The van der Waals surface area contributed by atoms with Crippen LogP contribution in [0.1, 0.15) is 42.7 Å². The second-order valence-electron chi connectivity index (χ2n) is 4.79. The van der Waals surface area contributed by atoms with Gasteiger partial charge >= 0.3 is 0 Å². The molecule has 0 spiro atoms. The smallest absolute Gasteiger partial charge is 0.140 e. The van der Waals surface area contributed by atoms with E-state index in [-0.39, 0.29) is 5.92 Å². The molecule has 1 aromatic rings. The molecule has 1 saturated carbocycles. The molecule has 0 N–H and O–H groups in total. The Bertz CT molecular complexity index is 448. The van der Waals surface area contributed by atoms with Crippen molar-refractivity contribution in [1.82, 2.24) is 0 Å². The summed E-state index contributed by atoms with van der Waals surface area (Å²) < 4.78 is 5.41. The Morgan fingerprint density at radius 3 is 2.94 bits per heavy atom. The number of benzene rings is 1. The van der Waals surface area contributed by atoms with Gasteiger partial charge in [-0.2, -0.15) is 0 Å². The first-order chi connectivity index (χ1) is 8.77. The highest BCUT2D eigenvalue weighted by atomic mass is 16.5. The Labute approximate surface area is 109 Å². The number of rotatable bonds is 4. The van der Waals surface area contributed by atoms with Crippen LogP contribution in [0.5, 0.6) is 5.75 Å². The van der Waals surface area contributed by atoms with Crippen LogP contribution in [0.2, 0.25) is 0 Å². The van der Waals surface area contributed by atoms with Crippen LogP contribution in [0.4, 0.5) is 0 Å². The van der Waals surface area contributed by atoms with E-state index in [9.17, 15) is 4.79 Å². The highest BCUT2D eigenvalue weighted by molar-refractivity contribution is 5.87. The Morgan fingerprint density at radius 2 is 2.28 bits per heavy atom. The minimum absolute atomic E-state index is 0.0591. The summed E-state index contributed by atoms with van der Waals surface area (Å²) in [7, 11) is 1.67. The van der Waals surface area contributed by atoms with Crippen molar-refractivity contribution in [3.63, 3.8) is 0 Å². The van der Waals surface area contributed by atoms with Crippen LogP contribution in [0.25, 0.3) is 0 Å². The maximum absolute atomic E-state index is 12.1. The summed E-state index contributed by atoms with van der Waals surface area (Å²) in [6, 6.07) is 5.99. The number of hydrogen-bond acceptors (Lipinski definition) is 2. The fourth-order valence-corrected chi connectivity index (χ4v) is 2.77. The van der Waals surface area contributed by atoms with Crippen molar-refractivity contribution in [3.8, 4) is 5.75 Å². The summed E-state index contributed by atoms with van der Waals surface area (Å²) in [4.78, 5) is 12.1. The van der Waals surface area contributed by atoms with Crippen LogP contribution in [0, 0.1) is 0 Å². The number of ether oxygens (including phenoxy) is 1. The van der Waals surface area contributed by atoms with Gasteiger partial charge in [0.05, 0.1) is 7.11 Å². The van der Waals surface area contributed by atoms with Gasteiger partial charge in [0.15, 0.2) is 0 Å². The molecule has 0 radical (unpaired) electrons. The van der Waals surface area contributed by atoms with Crippen LogP contribution in [0.3, 0.4) is 0 Å². The largest absolute Gasteiger partial charge is 0.496 e. The van der Waals surface area contributed by atoms with Crippen molar-refractivity contribution in [2.45, 2.75) is 38.0 Å². The Hall–Kier alpha value is -1.57. The molecular formula is C16H20O2. The van der Waals surface area contributed by atoms with E-state index in [2.05, 4.69) is 12.6 Å². The Morgan fingerprint density at radius 1 is 1.44 bits per heavy atom. The maximum Gasteiger partial charge on any atom is 0.140 e. The summed E-state index contributed by atoms with van der Waals surface area (Å²) in [5.74, 6) is 1.30. The second kappa shape index (κ2) is 5.85. The number of carbonyl (C=O) groups is 1. The zero-order valence-electron chi connectivity index (χ0n) is 10.9. The van der Waals surface area contributed by atoms with Crippen molar-refractivity contribution in [2.24, 2.45) is 0 Å². The summed E-state index contributed by atoms with van der Waals surface area (Å²) in [6.07, 6.45) is 6.49. The molecule has 0 bridgehead atoms. The van der Waals surface area contributed by atoms with Gasteiger partial charge in [0.2, 0.25) is 0 Å². The lowest BCUT2D eigenvalue weighted by Crippen LogP contribution is -2.18. The fraction of sp³-hybridized carbons (Fsp3) is 0.438. The average Bonchev–Trinajstić information content (AvgIpc) is 2.40. The molecular weight excluding hydrogens is 224 g/mol. The lowest BCUT2D eigenvalue weighted by molar-refractivity contribution is -0.121. The molecule has 18 heavy (non-hydrogen) atoms. The third-order valence-electron chi connectivity index (χ3n) is 3.67. The summed E-state index contributed by atoms with van der Waals surface area (Å²) in [5.41, 5.74) is 2.26. The minimum Gasteiger partial charge on any atom is -0.496 e. The molecule has 1 aliphatic rings. The number of methoxy groups -OCH3 is 1. The second-order valence-corrected chi connectivity index (χ2v) is 4.79. The van der Waals surface area contributed by atoms with E-state index in [1.807, 2.05) is 18.2 Å². The molecule has 1 aromatic carbocycles. The van der Waals surface area contributed by atoms with E-state index in [0.717, 1.165) is 49.0 Å². The number of hydrogen-bond donors (Lipinski definition) is 0. The molecule has 1 fully saturated rings. The van der Waals surface area contributed by atoms with Crippen LogP contribution >= 0.6 is 0 Å². The highest BCUT2D eigenvalue weighted by Crippen LogP contribution is 2.35. The average molecular weight is 244 g/mol.